The Morgan fingerprint density at radius 1 is 1.27 bits per heavy atom. The third-order valence-corrected chi connectivity index (χ3v) is 2.65. The van der Waals surface area contributed by atoms with E-state index in [1.807, 2.05) is 0 Å². The second kappa shape index (κ2) is 3.61. The fourth-order valence-electron chi connectivity index (χ4n) is 1.71. The Morgan fingerprint density at radius 2 is 1.87 bits per heavy atom. The highest BCUT2D eigenvalue weighted by molar-refractivity contribution is 5.95. The number of hydrogen-bond donors (Lipinski definition) is 0. The molecule has 0 aliphatic carbocycles. The normalized spacial score (nSPS) is 16.2. The van der Waals surface area contributed by atoms with Crippen molar-refractivity contribution in [1.29, 1.82) is 0 Å². The van der Waals surface area contributed by atoms with Crippen LogP contribution in [0.2, 0.25) is 0 Å². The van der Waals surface area contributed by atoms with Gasteiger partial charge in [-0.15, -0.1) is 0 Å². The minimum Gasteiger partial charge on any atom is -0.312 e. The molecule has 2 rings (SSSR count). The number of benzene rings is 1. The van der Waals surface area contributed by atoms with E-state index in [-0.39, 0.29) is 11.5 Å². The average Bonchev–Trinajstić information content (AvgIpc) is 2.60. The van der Waals surface area contributed by atoms with E-state index >= 15 is 0 Å². The van der Waals surface area contributed by atoms with Crippen LogP contribution in [0, 0.1) is 18.6 Å². The lowest BCUT2D eigenvalue weighted by molar-refractivity contribution is -0.117. The van der Waals surface area contributed by atoms with Gasteiger partial charge in [0.05, 0.1) is 0 Å². The molecule has 4 heteroatoms. The van der Waals surface area contributed by atoms with Gasteiger partial charge in [0.2, 0.25) is 5.91 Å². The van der Waals surface area contributed by atoms with E-state index in [0.29, 0.717) is 18.7 Å². The van der Waals surface area contributed by atoms with Gasteiger partial charge in [0, 0.05) is 24.2 Å². The van der Waals surface area contributed by atoms with E-state index in [0.717, 1.165) is 6.42 Å². The van der Waals surface area contributed by atoms with Crippen LogP contribution in [0.15, 0.2) is 12.1 Å². The maximum atomic E-state index is 13.2. The van der Waals surface area contributed by atoms with Crippen LogP contribution in [0.25, 0.3) is 0 Å². The lowest BCUT2D eigenvalue weighted by atomic mass is 10.2. The van der Waals surface area contributed by atoms with Crippen LogP contribution in [0.5, 0.6) is 0 Å². The zero-order valence-electron chi connectivity index (χ0n) is 8.39. The molecule has 1 aromatic rings. The quantitative estimate of drug-likeness (QED) is 0.698. The Bertz CT molecular complexity index is 394. The molecule has 15 heavy (non-hydrogen) atoms. The van der Waals surface area contributed by atoms with Crippen molar-refractivity contribution in [2.45, 2.75) is 19.8 Å². The highest BCUT2D eigenvalue weighted by atomic mass is 19.1. The second-order valence-electron chi connectivity index (χ2n) is 3.68. The molecule has 0 N–H and O–H groups in total. The van der Waals surface area contributed by atoms with Crippen molar-refractivity contribution in [2.24, 2.45) is 0 Å². The van der Waals surface area contributed by atoms with Crippen molar-refractivity contribution >= 4 is 11.6 Å². The van der Waals surface area contributed by atoms with Crippen LogP contribution in [-0.2, 0) is 4.79 Å². The van der Waals surface area contributed by atoms with Crippen molar-refractivity contribution < 1.29 is 13.6 Å². The largest absolute Gasteiger partial charge is 0.312 e. The lowest BCUT2D eigenvalue weighted by Crippen LogP contribution is -2.24. The summed E-state index contributed by atoms with van der Waals surface area (Å²) in [5.41, 5.74) is 0.309. The van der Waals surface area contributed by atoms with Crippen molar-refractivity contribution in [2.75, 3.05) is 11.4 Å². The fourth-order valence-corrected chi connectivity index (χ4v) is 1.71. The number of rotatable bonds is 1. The van der Waals surface area contributed by atoms with E-state index in [1.54, 1.807) is 0 Å². The smallest absolute Gasteiger partial charge is 0.227 e. The highest BCUT2D eigenvalue weighted by Gasteiger charge is 2.23. The van der Waals surface area contributed by atoms with E-state index in [1.165, 1.54) is 24.0 Å². The molecule has 0 aromatic heterocycles. The molecule has 1 heterocycles. The van der Waals surface area contributed by atoms with Crippen LogP contribution in [0.4, 0.5) is 14.5 Å². The number of carbonyl (C=O) groups excluding carboxylic acids is 1. The molecular weight excluding hydrogens is 200 g/mol. The van der Waals surface area contributed by atoms with Gasteiger partial charge < -0.3 is 4.90 Å². The Kier molecular flexibility index (Phi) is 2.42. The molecule has 0 bridgehead atoms. The van der Waals surface area contributed by atoms with Crippen LogP contribution >= 0.6 is 0 Å². The molecule has 1 amide bonds. The van der Waals surface area contributed by atoms with E-state index in [4.69, 9.17) is 0 Å². The first-order valence-corrected chi connectivity index (χ1v) is 4.85. The number of anilines is 1. The van der Waals surface area contributed by atoms with Crippen LogP contribution in [-0.4, -0.2) is 12.5 Å². The van der Waals surface area contributed by atoms with E-state index in [9.17, 15) is 13.6 Å². The molecule has 1 fully saturated rings. The molecule has 0 spiro atoms. The van der Waals surface area contributed by atoms with Gasteiger partial charge in [-0.1, -0.05) is 0 Å². The number of carbonyl (C=O) groups is 1. The van der Waals surface area contributed by atoms with E-state index in [2.05, 4.69) is 0 Å². The highest BCUT2D eigenvalue weighted by Crippen LogP contribution is 2.25. The van der Waals surface area contributed by atoms with Crippen LogP contribution < -0.4 is 4.90 Å². The second-order valence-corrected chi connectivity index (χ2v) is 3.68. The molecule has 1 aliphatic rings. The van der Waals surface area contributed by atoms with Gasteiger partial charge in [-0.05, 0) is 25.5 Å². The van der Waals surface area contributed by atoms with Gasteiger partial charge in [0.1, 0.15) is 11.6 Å². The standard InChI is InChI=1S/C11H11F2NO/c1-7-9(12)5-8(6-10(7)13)14-4-2-3-11(14)15/h5-6H,2-4H2,1H3. The third kappa shape index (κ3) is 1.71. The first kappa shape index (κ1) is 10.1. The minimum atomic E-state index is -0.607. The first-order valence-electron chi connectivity index (χ1n) is 4.85. The molecule has 0 atom stereocenters. The van der Waals surface area contributed by atoms with Gasteiger partial charge in [-0.3, -0.25) is 4.79 Å². The summed E-state index contributed by atoms with van der Waals surface area (Å²) in [7, 11) is 0. The molecule has 0 radical (unpaired) electrons. The molecule has 1 aliphatic heterocycles. The Labute approximate surface area is 86.5 Å². The molecule has 0 saturated carbocycles. The minimum absolute atomic E-state index is 0.00889. The fraction of sp³-hybridized carbons (Fsp3) is 0.364. The molecular formula is C11H11F2NO. The van der Waals surface area contributed by atoms with Gasteiger partial charge in [-0.25, -0.2) is 8.78 Å². The molecule has 1 saturated heterocycles. The summed E-state index contributed by atoms with van der Waals surface area (Å²) in [6.45, 7) is 1.92. The van der Waals surface area contributed by atoms with Gasteiger partial charge in [0.15, 0.2) is 0 Å². The third-order valence-electron chi connectivity index (χ3n) is 2.65. The summed E-state index contributed by atoms with van der Waals surface area (Å²) in [5, 5.41) is 0. The summed E-state index contributed by atoms with van der Waals surface area (Å²) in [6.07, 6.45) is 1.20. The topological polar surface area (TPSA) is 20.3 Å². The Hall–Kier alpha value is -1.45. The summed E-state index contributed by atoms with van der Waals surface area (Å²) in [6, 6.07) is 2.42. The van der Waals surface area contributed by atoms with Crippen molar-refractivity contribution in [1.82, 2.24) is 0 Å². The molecule has 80 valence electrons. The monoisotopic (exact) mass is 211 g/mol. The van der Waals surface area contributed by atoms with Crippen LogP contribution in [0.1, 0.15) is 18.4 Å². The Balaban J connectivity index is 2.41. The van der Waals surface area contributed by atoms with Crippen LogP contribution in [0.3, 0.4) is 0 Å². The molecule has 2 nitrogen and oxygen atoms in total. The van der Waals surface area contributed by atoms with Crippen molar-refractivity contribution in [3.8, 4) is 0 Å². The predicted molar refractivity (Wildman–Crippen MR) is 52.7 cm³/mol. The van der Waals surface area contributed by atoms with Gasteiger partial charge in [-0.2, -0.15) is 0 Å². The maximum Gasteiger partial charge on any atom is 0.227 e. The summed E-state index contributed by atoms with van der Waals surface area (Å²) >= 11 is 0. The van der Waals surface area contributed by atoms with E-state index < -0.39 is 11.6 Å². The van der Waals surface area contributed by atoms with Gasteiger partial charge >= 0.3 is 0 Å². The predicted octanol–water partition coefficient (Wildman–Crippen LogP) is 2.40. The summed E-state index contributed by atoms with van der Waals surface area (Å²) in [5.74, 6) is -1.29. The number of nitrogens with zero attached hydrogens (tertiary/aromatic N) is 1. The summed E-state index contributed by atoms with van der Waals surface area (Å²) < 4.78 is 26.5. The zero-order valence-corrected chi connectivity index (χ0v) is 8.39. The zero-order chi connectivity index (χ0) is 11.0. The number of hydrogen-bond acceptors (Lipinski definition) is 1. The van der Waals surface area contributed by atoms with Crippen molar-refractivity contribution in [3.63, 3.8) is 0 Å². The average molecular weight is 211 g/mol. The lowest BCUT2D eigenvalue weighted by Gasteiger charge is -2.16. The summed E-state index contributed by atoms with van der Waals surface area (Å²) in [4.78, 5) is 12.8. The Morgan fingerprint density at radius 3 is 2.33 bits per heavy atom. The SMILES string of the molecule is Cc1c(F)cc(N2CCCC2=O)cc1F. The van der Waals surface area contributed by atoms with Crippen molar-refractivity contribution in [3.05, 3.63) is 29.3 Å². The molecule has 1 aromatic carbocycles. The molecule has 0 unspecified atom stereocenters. The van der Waals surface area contributed by atoms with Gasteiger partial charge in [0.25, 0.3) is 0 Å². The maximum absolute atomic E-state index is 13.2. The number of halogens is 2. The first-order chi connectivity index (χ1) is 7.09. The number of amides is 1.